The van der Waals surface area contributed by atoms with Crippen molar-refractivity contribution in [2.75, 3.05) is 30.4 Å². The van der Waals surface area contributed by atoms with Crippen molar-refractivity contribution in [3.8, 4) is 0 Å². The van der Waals surface area contributed by atoms with Crippen molar-refractivity contribution in [1.29, 1.82) is 0 Å². The van der Waals surface area contributed by atoms with Gasteiger partial charge in [0.25, 0.3) is 0 Å². The Morgan fingerprint density at radius 1 is 1.39 bits per heavy atom. The minimum absolute atomic E-state index is 0.0388. The first-order valence-corrected chi connectivity index (χ1v) is 7.97. The van der Waals surface area contributed by atoms with Crippen LogP contribution in [0.2, 0.25) is 0 Å². The van der Waals surface area contributed by atoms with Gasteiger partial charge in [0, 0.05) is 39.2 Å². The maximum atomic E-state index is 5.48. The fraction of sp³-hybridized carbons (Fsp3) is 0.600. The van der Waals surface area contributed by atoms with Crippen LogP contribution in [0, 0.1) is 6.92 Å². The molecule has 2 aromatic heterocycles. The van der Waals surface area contributed by atoms with E-state index in [0.717, 1.165) is 31.1 Å². The van der Waals surface area contributed by atoms with E-state index in [2.05, 4.69) is 35.7 Å². The van der Waals surface area contributed by atoms with E-state index in [0.29, 0.717) is 17.8 Å². The van der Waals surface area contributed by atoms with Crippen molar-refractivity contribution < 1.29 is 4.42 Å². The smallest absolute Gasteiger partial charge is 0.233 e. The number of aryl methyl sites for hydroxylation is 1. The molecule has 0 unspecified atom stereocenters. The van der Waals surface area contributed by atoms with Crippen molar-refractivity contribution in [3.63, 3.8) is 0 Å². The Bertz CT molecular complexity index is 644. The first-order chi connectivity index (χ1) is 11.2. The van der Waals surface area contributed by atoms with Crippen LogP contribution in [-0.4, -0.2) is 46.3 Å². The van der Waals surface area contributed by atoms with Crippen LogP contribution in [0.5, 0.6) is 0 Å². The Hall–Kier alpha value is -2.22. The molecule has 8 nitrogen and oxygen atoms in total. The van der Waals surface area contributed by atoms with E-state index in [9.17, 15) is 0 Å². The molecule has 3 rings (SSSR count). The minimum Gasteiger partial charge on any atom is -0.424 e. The molecule has 0 aliphatic carbocycles. The monoisotopic (exact) mass is 317 g/mol. The molecule has 0 saturated carbocycles. The number of nitrogens with zero attached hydrogens (tertiary/aromatic N) is 5. The van der Waals surface area contributed by atoms with E-state index >= 15 is 0 Å². The quantitative estimate of drug-likeness (QED) is 0.829. The lowest BCUT2D eigenvalue weighted by molar-refractivity contribution is 0.394. The molecular weight excluding hydrogens is 294 g/mol. The van der Waals surface area contributed by atoms with Crippen molar-refractivity contribution in [1.82, 2.24) is 25.5 Å². The molecule has 1 aliphatic rings. The molecule has 0 aromatic carbocycles. The highest BCUT2D eigenvalue weighted by molar-refractivity contribution is 5.49. The van der Waals surface area contributed by atoms with Gasteiger partial charge < -0.3 is 20.0 Å². The Kier molecular flexibility index (Phi) is 4.71. The van der Waals surface area contributed by atoms with E-state index in [1.807, 2.05) is 20.0 Å². The fourth-order valence-corrected chi connectivity index (χ4v) is 2.88. The second-order valence-corrected chi connectivity index (χ2v) is 5.79. The molecule has 3 heterocycles. The predicted octanol–water partition coefficient (Wildman–Crippen LogP) is 1.53. The van der Waals surface area contributed by atoms with E-state index in [4.69, 9.17) is 4.42 Å². The second kappa shape index (κ2) is 6.91. The molecule has 1 aliphatic heterocycles. The molecule has 0 spiro atoms. The van der Waals surface area contributed by atoms with Crippen molar-refractivity contribution in [2.45, 2.75) is 38.8 Å². The van der Waals surface area contributed by atoms with Gasteiger partial charge in [0.15, 0.2) is 0 Å². The molecule has 1 saturated heterocycles. The van der Waals surface area contributed by atoms with E-state index < -0.39 is 0 Å². The fourth-order valence-electron chi connectivity index (χ4n) is 2.88. The summed E-state index contributed by atoms with van der Waals surface area (Å²) in [5.74, 6) is 3.03. The average molecular weight is 317 g/mol. The summed E-state index contributed by atoms with van der Waals surface area (Å²) in [4.78, 5) is 10.9. The highest BCUT2D eigenvalue weighted by atomic mass is 16.4. The zero-order valence-electron chi connectivity index (χ0n) is 13.8. The third-order valence-electron chi connectivity index (χ3n) is 4.15. The lowest BCUT2D eigenvalue weighted by Crippen LogP contribution is -2.39. The summed E-state index contributed by atoms with van der Waals surface area (Å²) in [5.41, 5.74) is 0. The molecule has 2 atom stereocenters. The van der Waals surface area contributed by atoms with Crippen LogP contribution < -0.4 is 15.5 Å². The SMILES string of the molecule is CNc1cc(N2CCC[C@@H]2CN[C@@H](C)c2nnc(C)o2)ncn1. The zero-order chi connectivity index (χ0) is 16.2. The first-order valence-electron chi connectivity index (χ1n) is 7.97. The standard InChI is InChI=1S/C15H23N7O/c1-10(15-21-20-11(2)23-15)17-8-12-5-4-6-22(12)14-7-13(16-3)18-9-19-14/h7,9-10,12,17H,4-6,8H2,1-3H3,(H,16,18,19)/t10-,12+/m0/s1. The van der Waals surface area contributed by atoms with Crippen LogP contribution in [0.1, 0.15) is 37.6 Å². The van der Waals surface area contributed by atoms with Crippen LogP contribution in [-0.2, 0) is 0 Å². The van der Waals surface area contributed by atoms with Crippen LogP contribution in [0.4, 0.5) is 11.6 Å². The van der Waals surface area contributed by atoms with Crippen LogP contribution >= 0.6 is 0 Å². The van der Waals surface area contributed by atoms with Crippen LogP contribution in [0.25, 0.3) is 0 Å². The van der Waals surface area contributed by atoms with Gasteiger partial charge >= 0.3 is 0 Å². The molecule has 2 N–H and O–H groups in total. The molecule has 8 heteroatoms. The third kappa shape index (κ3) is 3.58. The summed E-state index contributed by atoms with van der Waals surface area (Å²) in [6.07, 6.45) is 3.91. The largest absolute Gasteiger partial charge is 0.424 e. The third-order valence-corrected chi connectivity index (χ3v) is 4.15. The van der Waals surface area contributed by atoms with Gasteiger partial charge in [0.2, 0.25) is 11.8 Å². The van der Waals surface area contributed by atoms with Crippen molar-refractivity contribution in [2.24, 2.45) is 0 Å². The number of hydrogen-bond donors (Lipinski definition) is 2. The van der Waals surface area contributed by atoms with Gasteiger partial charge in [-0.15, -0.1) is 10.2 Å². The van der Waals surface area contributed by atoms with Gasteiger partial charge in [0.05, 0.1) is 6.04 Å². The molecule has 0 amide bonds. The Labute approximate surface area is 135 Å². The Morgan fingerprint density at radius 2 is 2.26 bits per heavy atom. The molecule has 124 valence electrons. The van der Waals surface area contributed by atoms with Gasteiger partial charge in [-0.3, -0.25) is 0 Å². The van der Waals surface area contributed by atoms with E-state index in [-0.39, 0.29) is 6.04 Å². The lowest BCUT2D eigenvalue weighted by Gasteiger charge is -2.27. The maximum Gasteiger partial charge on any atom is 0.233 e. The second-order valence-electron chi connectivity index (χ2n) is 5.79. The minimum atomic E-state index is 0.0388. The summed E-state index contributed by atoms with van der Waals surface area (Å²) in [6, 6.07) is 2.43. The average Bonchev–Trinajstić information content (AvgIpc) is 3.21. The predicted molar refractivity (Wildman–Crippen MR) is 87.4 cm³/mol. The van der Waals surface area contributed by atoms with Gasteiger partial charge in [-0.05, 0) is 19.8 Å². The molecule has 0 bridgehead atoms. The van der Waals surface area contributed by atoms with E-state index in [1.165, 1.54) is 6.42 Å². The number of aromatic nitrogens is 4. The zero-order valence-corrected chi connectivity index (χ0v) is 13.8. The molecule has 2 aromatic rings. The lowest BCUT2D eigenvalue weighted by atomic mass is 10.2. The number of hydrogen-bond acceptors (Lipinski definition) is 8. The first kappa shape index (κ1) is 15.7. The normalized spacial score (nSPS) is 19.1. The summed E-state index contributed by atoms with van der Waals surface area (Å²) >= 11 is 0. The topological polar surface area (TPSA) is 92.0 Å². The summed E-state index contributed by atoms with van der Waals surface area (Å²) in [6.45, 7) is 5.70. The highest BCUT2D eigenvalue weighted by Crippen LogP contribution is 2.25. The Morgan fingerprint density at radius 3 is 3.00 bits per heavy atom. The van der Waals surface area contributed by atoms with Gasteiger partial charge in [-0.2, -0.15) is 0 Å². The van der Waals surface area contributed by atoms with Crippen LogP contribution in [0.3, 0.4) is 0 Å². The molecule has 0 radical (unpaired) electrons. The van der Waals surface area contributed by atoms with Gasteiger partial charge in [-0.1, -0.05) is 0 Å². The Balaban J connectivity index is 1.62. The summed E-state index contributed by atoms with van der Waals surface area (Å²) < 4.78 is 5.48. The molecular formula is C15H23N7O. The number of nitrogens with one attached hydrogen (secondary N) is 2. The molecule has 23 heavy (non-hydrogen) atoms. The number of anilines is 2. The summed E-state index contributed by atoms with van der Waals surface area (Å²) in [5, 5.41) is 14.5. The summed E-state index contributed by atoms with van der Waals surface area (Å²) in [7, 11) is 1.86. The van der Waals surface area contributed by atoms with Gasteiger partial charge in [-0.25, -0.2) is 9.97 Å². The number of rotatable bonds is 6. The van der Waals surface area contributed by atoms with Crippen LogP contribution in [0.15, 0.2) is 16.8 Å². The highest BCUT2D eigenvalue weighted by Gasteiger charge is 2.26. The van der Waals surface area contributed by atoms with E-state index in [1.54, 1.807) is 13.3 Å². The van der Waals surface area contributed by atoms with Crippen molar-refractivity contribution >= 4 is 11.6 Å². The van der Waals surface area contributed by atoms with Crippen molar-refractivity contribution in [3.05, 3.63) is 24.2 Å². The van der Waals surface area contributed by atoms with Gasteiger partial charge in [0.1, 0.15) is 18.0 Å². The molecule has 1 fully saturated rings. The maximum absolute atomic E-state index is 5.48.